The van der Waals surface area contributed by atoms with Gasteiger partial charge >= 0.3 is 0 Å². The monoisotopic (exact) mass is 488 g/mol. The number of hydrogen-bond acceptors (Lipinski definition) is 6. The highest BCUT2D eigenvalue weighted by Crippen LogP contribution is 2.27. The zero-order valence-corrected chi connectivity index (χ0v) is 18.9. The molecule has 0 aliphatic rings. The summed E-state index contributed by atoms with van der Waals surface area (Å²) < 4.78 is 2.18. The van der Waals surface area contributed by atoms with Crippen LogP contribution >= 0.6 is 27.7 Å². The third-order valence-electron chi connectivity index (χ3n) is 4.30. The first-order chi connectivity index (χ1) is 14.4. The minimum atomic E-state index is -0.304. The number of para-hydroxylation sites is 1. The zero-order valence-electron chi connectivity index (χ0n) is 16.5. The topological polar surface area (TPSA) is 115 Å². The number of hydrogen-bond donors (Lipinski definition) is 3. The Hall–Kier alpha value is -2.85. The van der Waals surface area contributed by atoms with Gasteiger partial charge < -0.3 is 16.5 Å². The van der Waals surface area contributed by atoms with Crippen molar-refractivity contribution in [2.75, 3.05) is 23.5 Å². The molecule has 0 radical (unpaired) electrons. The number of aryl methyl sites for hydroxylation is 2. The number of carbonyl (C=O) groups is 2. The van der Waals surface area contributed by atoms with E-state index in [9.17, 15) is 9.59 Å². The SMILES string of the molecule is Cc1cccc(C)c1NC(=O)CNC(=O)CSc1nnc(-c2ccccc2Br)n1N. The van der Waals surface area contributed by atoms with Crippen molar-refractivity contribution in [3.05, 3.63) is 58.1 Å². The molecule has 3 rings (SSSR count). The Morgan fingerprint density at radius 3 is 2.47 bits per heavy atom. The van der Waals surface area contributed by atoms with Crippen LogP contribution in [0.4, 0.5) is 5.69 Å². The molecule has 10 heteroatoms. The lowest BCUT2D eigenvalue weighted by Gasteiger charge is -2.11. The van der Waals surface area contributed by atoms with Crippen LogP contribution in [0.25, 0.3) is 11.4 Å². The number of nitrogen functional groups attached to an aromatic ring is 1. The summed E-state index contributed by atoms with van der Waals surface area (Å²) in [5, 5.41) is 14.0. The van der Waals surface area contributed by atoms with Crippen LogP contribution < -0.4 is 16.5 Å². The summed E-state index contributed by atoms with van der Waals surface area (Å²) in [5.41, 5.74) is 3.50. The standard InChI is InChI=1S/C20H21BrN6O2S/c1-12-6-5-7-13(2)18(12)24-16(28)10-23-17(29)11-30-20-26-25-19(27(20)22)14-8-3-4-9-15(14)21/h3-9H,10-11,22H2,1-2H3,(H,23,29)(H,24,28). The fourth-order valence-electron chi connectivity index (χ4n) is 2.76. The molecular formula is C20H21BrN6O2S. The van der Waals surface area contributed by atoms with Crippen LogP contribution in [0.2, 0.25) is 0 Å². The van der Waals surface area contributed by atoms with Crippen LogP contribution in [0.15, 0.2) is 52.1 Å². The second kappa shape index (κ2) is 9.77. The van der Waals surface area contributed by atoms with Crippen LogP contribution in [0.3, 0.4) is 0 Å². The Labute approximate surface area is 186 Å². The number of carbonyl (C=O) groups excluding carboxylic acids is 2. The maximum absolute atomic E-state index is 12.2. The quantitative estimate of drug-likeness (QED) is 0.347. The Bertz CT molecular complexity index is 1060. The Morgan fingerprint density at radius 1 is 1.07 bits per heavy atom. The number of nitrogens with two attached hydrogens (primary N) is 1. The predicted molar refractivity (Wildman–Crippen MR) is 122 cm³/mol. The van der Waals surface area contributed by atoms with E-state index in [4.69, 9.17) is 5.84 Å². The molecule has 156 valence electrons. The molecule has 4 N–H and O–H groups in total. The zero-order chi connectivity index (χ0) is 21.7. The summed E-state index contributed by atoms with van der Waals surface area (Å²) in [6.07, 6.45) is 0. The first-order valence-electron chi connectivity index (χ1n) is 9.07. The molecule has 1 heterocycles. The molecule has 2 amide bonds. The van der Waals surface area contributed by atoms with Crippen molar-refractivity contribution >= 4 is 45.2 Å². The van der Waals surface area contributed by atoms with Crippen molar-refractivity contribution in [1.29, 1.82) is 0 Å². The molecule has 0 saturated carbocycles. The van der Waals surface area contributed by atoms with Crippen LogP contribution in [-0.2, 0) is 9.59 Å². The van der Waals surface area contributed by atoms with Gasteiger partial charge in [0.2, 0.25) is 17.0 Å². The van der Waals surface area contributed by atoms with E-state index >= 15 is 0 Å². The van der Waals surface area contributed by atoms with Crippen molar-refractivity contribution < 1.29 is 9.59 Å². The number of amides is 2. The summed E-state index contributed by atoms with van der Waals surface area (Å²) in [7, 11) is 0. The van der Waals surface area contributed by atoms with Gasteiger partial charge in [-0.3, -0.25) is 9.59 Å². The van der Waals surface area contributed by atoms with Gasteiger partial charge in [0.15, 0.2) is 5.82 Å². The summed E-state index contributed by atoms with van der Waals surface area (Å²) >= 11 is 4.60. The van der Waals surface area contributed by atoms with Gasteiger partial charge in [0, 0.05) is 15.7 Å². The Balaban J connectivity index is 1.52. The molecule has 0 aliphatic heterocycles. The van der Waals surface area contributed by atoms with Gasteiger partial charge in [-0.15, -0.1) is 10.2 Å². The lowest BCUT2D eigenvalue weighted by atomic mass is 10.1. The lowest BCUT2D eigenvalue weighted by Crippen LogP contribution is -2.34. The van der Waals surface area contributed by atoms with E-state index < -0.39 is 0 Å². The maximum atomic E-state index is 12.2. The average Bonchev–Trinajstić information content (AvgIpc) is 3.08. The fourth-order valence-corrected chi connectivity index (χ4v) is 3.91. The number of rotatable bonds is 7. The molecule has 0 fully saturated rings. The Kier molecular flexibility index (Phi) is 7.11. The second-order valence-corrected chi connectivity index (χ2v) is 8.33. The van der Waals surface area contributed by atoms with Gasteiger partial charge in [0.1, 0.15) is 0 Å². The second-order valence-electron chi connectivity index (χ2n) is 6.54. The average molecular weight is 489 g/mol. The molecule has 8 nitrogen and oxygen atoms in total. The molecule has 0 spiro atoms. The van der Waals surface area contributed by atoms with E-state index in [1.165, 1.54) is 4.68 Å². The van der Waals surface area contributed by atoms with Crippen molar-refractivity contribution in [3.63, 3.8) is 0 Å². The first-order valence-corrected chi connectivity index (χ1v) is 10.9. The largest absolute Gasteiger partial charge is 0.346 e. The highest BCUT2D eigenvalue weighted by molar-refractivity contribution is 9.10. The van der Waals surface area contributed by atoms with E-state index in [1.807, 2.05) is 56.3 Å². The molecule has 30 heavy (non-hydrogen) atoms. The number of benzene rings is 2. The number of nitrogens with zero attached hydrogens (tertiary/aromatic N) is 3. The highest BCUT2D eigenvalue weighted by Gasteiger charge is 2.16. The molecule has 1 aromatic heterocycles. The number of anilines is 1. The third kappa shape index (κ3) is 5.19. The Morgan fingerprint density at radius 2 is 1.77 bits per heavy atom. The number of halogens is 1. The minimum absolute atomic E-state index is 0.0575. The first kappa shape index (κ1) is 21.8. The minimum Gasteiger partial charge on any atom is -0.346 e. The molecule has 0 saturated heterocycles. The van der Waals surface area contributed by atoms with Gasteiger partial charge in [-0.05, 0) is 37.1 Å². The van der Waals surface area contributed by atoms with E-state index in [2.05, 4.69) is 36.8 Å². The summed E-state index contributed by atoms with van der Waals surface area (Å²) in [4.78, 5) is 24.3. The lowest BCUT2D eigenvalue weighted by molar-refractivity contribution is -0.122. The maximum Gasteiger partial charge on any atom is 0.243 e. The normalized spacial score (nSPS) is 10.6. The van der Waals surface area contributed by atoms with Crippen molar-refractivity contribution in [2.24, 2.45) is 0 Å². The number of nitrogens with one attached hydrogen (secondary N) is 2. The van der Waals surface area contributed by atoms with Crippen LogP contribution in [0.1, 0.15) is 11.1 Å². The van der Waals surface area contributed by atoms with Crippen molar-refractivity contribution in [1.82, 2.24) is 20.2 Å². The van der Waals surface area contributed by atoms with E-state index in [-0.39, 0.29) is 24.1 Å². The van der Waals surface area contributed by atoms with Crippen molar-refractivity contribution in [3.8, 4) is 11.4 Å². The molecular weight excluding hydrogens is 468 g/mol. The summed E-state index contributed by atoms with van der Waals surface area (Å²) in [5.74, 6) is 6.03. The molecule has 0 unspecified atom stereocenters. The van der Waals surface area contributed by atoms with Gasteiger partial charge in [0.05, 0.1) is 12.3 Å². The van der Waals surface area contributed by atoms with E-state index in [1.54, 1.807) is 0 Å². The van der Waals surface area contributed by atoms with Gasteiger partial charge in [-0.2, -0.15) is 0 Å². The molecule has 0 bridgehead atoms. The smallest absolute Gasteiger partial charge is 0.243 e. The molecule has 3 aromatic rings. The summed E-state index contributed by atoms with van der Waals surface area (Å²) in [6, 6.07) is 13.3. The van der Waals surface area contributed by atoms with E-state index in [0.717, 1.165) is 38.6 Å². The van der Waals surface area contributed by atoms with E-state index in [0.29, 0.717) is 11.0 Å². The predicted octanol–water partition coefficient (Wildman–Crippen LogP) is 2.89. The van der Waals surface area contributed by atoms with Crippen molar-refractivity contribution in [2.45, 2.75) is 19.0 Å². The molecule has 2 aromatic carbocycles. The molecule has 0 aliphatic carbocycles. The van der Waals surface area contributed by atoms with Crippen LogP contribution in [-0.4, -0.2) is 39.0 Å². The number of thioether (sulfide) groups is 1. The third-order valence-corrected chi connectivity index (χ3v) is 5.94. The molecule has 0 atom stereocenters. The van der Waals surface area contributed by atoms with Crippen LogP contribution in [0, 0.1) is 13.8 Å². The highest BCUT2D eigenvalue weighted by atomic mass is 79.9. The van der Waals surface area contributed by atoms with Crippen LogP contribution in [0.5, 0.6) is 0 Å². The van der Waals surface area contributed by atoms with Gasteiger partial charge in [0.25, 0.3) is 0 Å². The number of aromatic nitrogens is 3. The summed E-state index contributed by atoms with van der Waals surface area (Å²) in [6.45, 7) is 3.72. The van der Waals surface area contributed by atoms with Gasteiger partial charge in [-0.1, -0.05) is 58.0 Å². The van der Waals surface area contributed by atoms with Gasteiger partial charge in [-0.25, -0.2) is 4.68 Å². The fraction of sp³-hybridized carbons (Fsp3) is 0.200.